The minimum absolute atomic E-state index is 0.0311. The van der Waals surface area contributed by atoms with Gasteiger partial charge >= 0.3 is 0 Å². The van der Waals surface area contributed by atoms with Gasteiger partial charge in [-0.25, -0.2) is 8.42 Å². The Morgan fingerprint density at radius 2 is 1.56 bits per heavy atom. The van der Waals surface area contributed by atoms with E-state index in [9.17, 15) is 18.0 Å². The lowest BCUT2D eigenvalue weighted by Crippen LogP contribution is -2.51. The lowest BCUT2D eigenvalue weighted by molar-refractivity contribution is -0.140. The first-order valence-electron chi connectivity index (χ1n) is 12.5. The average Bonchev–Trinajstić information content (AvgIpc) is 2.95. The van der Waals surface area contributed by atoms with Crippen molar-refractivity contribution in [2.45, 2.75) is 37.8 Å². The molecule has 0 aromatic heterocycles. The van der Waals surface area contributed by atoms with E-state index in [0.29, 0.717) is 17.9 Å². The molecule has 10 heteroatoms. The summed E-state index contributed by atoms with van der Waals surface area (Å²) in [6, 6.07) is 19.5. The van der Waals surface area contributed by atoms with Crippen LogP contribution in [0.3, 0.4) is 0 Å². The van der Waals surface area contributed by atoms with Gasteiger partial charge in [-0.05, 0) is 43.2 Å². The van der Waals surface area contributed by atoms with E-state index in [1.54, 1.807) is 31.2 Å². The molecule has 2 amide bonds. The molecule has 0 saturated heterocycles. The van der Waals surface area contributed by atoms with E-state index in [4.69, 9.17) is 9.47 Å². The molecule has 39 heavy (non-hydrogen) atoms. The molecule has 1 unspecified atom stereocenters. The van der Waals surface area contributed by atoms with Gasteiger partial charge in [0.2, 0.25) is 11.8 Å². The van der Waals surface area contributed by atoms with Crippen molar-refractivity contribution in [3.8, 4) is 11.5 Å². The SMILES string of the molecule is CCC(C(=O)NC)N(Cc1ccccc1)C(=O)CN(c1ccc(OC)c(OC)c1)S(=O)(=O)c1ccc(C)cc1. The summed E-state index contributed by atoms with van der Waals surface area (Å²) >= 11 is 0. The van der Waals surface area contributed by atoms with Crippen molar-refractivity contribution in [3.05, 3.63) is 83.9 Å². The Hall–Kier alpha value is -4.05. The van der Waals surface area contributed by atoms with E-state index >= 15 is 0 Å². The van der Waals surface area contributed by atoms with Gasteiger partial charge in [0, 0.05) is 19.7 Å². The van der Waals surface area contributed by atoms with Crippen LogP contribution in [0.25, 0.3) is 0 Å². The van der Waals surface area contributed by atoms with Crippen LogP contribution in [0, 0.1) is 6.92 Å². The quantitative estimate of drug-likeness (QED) is 0.366. The number of methoxy groups -OCH3 is 2. The zero-order chi connectivity index (χ0) is 28.6. The molecule has 0 heterocycles. The summed E-state index contributed by atoms with van der Waals surface area (Å²) in [5, 5.41) is 2.62. The Kier molecular flexibility index (Phi) is 9.95. The Bertz CT molecular complexity index is 1380. The van der Waals surface area contributed by atoms with Crippen LogP contribution in [-0.4, -0.2) is 59.0 Å². The first-order chi connectivity index (χ1) is 18.7. The number of nitrogens with one attached hydrogen (secondary N) is 1. The number of hydrogen-bond donors (Lipinski definition) is 1. The van der Waals surface area contributed by atoms with Crippen LogP contribution in [0.4, 0.5) is 5.69 Å². The van der Waals surface area contributed by atoms with Crippen molar-refractivity contribution >= 4 is 27.5 Å². The summed E-state index contributed by atoms with van der Waals surface area (Å²) in [5.41, 5.74) is 1.93. The molecule has 0 aliphatic rings. The van der Waals surface area contributed by atoms with Crippen LogP contribution in [0.1, 0.15) is 24.5 Å². The van der Waals surface area contributed by atoms with Crippen LogP contribution in [0.15, 0.2) is 77.7 Å². The average molecular weight is 554 g/mol. The Balaban J connectivity index is 2.11. The number of hydrogen-bond acceptors (Lipinski definition) is 6. The van der Waals surface area contributed by atoms with Gasteiger partial charge in [-0.2, -0.15) is 0 Å². The topological polar surface area (TPSA) is 105 Å². The zero-order valence-electron chi connectivity index (χ0n) is 22.9. The molecule has 0 spiro atoms. The van der Waals surface area contributed by atoms with Crippen molar-refractivity contribution in [2.75, 3.05) is 32.1 Å². The fraction of sp³-hybridized carbons (Fsp3) is 0.310. The first-order valence-corrected chi connectivity index (χ1v) is 14.0. The molecule has 0 aliphatic heterocycles. The highest BCUT2D eigenvalue weighted by atomic mass is 32.2. The van der Waals surface area contributed by atoms with Crippen molar-refractivity contribution in [1.82, 2.24) is 10.2 Å². The lowest BCUT2D eigenvalue weighted by Gasteiger charge is -2.33. The van der Waals surface area contributed by atoms with E-state index in [1.807, 2.05) is 37.3 Å². The summed E-state index contributed by atoms with van der Waals surface area (Å²) in [6.07, 6.45) is 0.347. The maximum absolute atomic E-state index is 13.9. The standard InChI is InChI=1S/C29H35N3O6S/c1-6-25(29(34)30-3)31(19-22-10-8-7-9-11-22)28(33)20-32(23-14-17-26(37-4)27(18-23)38-5)39(35,36)24-15-12-21(2)13-16-24/h7-18,25H,6,19-20H2,1-5H3,(H,30,34). The fourth-order valence-electron chi connectivity index (χ4n) is 4.21. The number of sulfonamides is 1. The number of amides is 2. The predicted molar refractivity (Wildman–Crippen MR) is 150 cm³/mol. The van der Waals surface area contributed by atoms with Gasteiger partial charge in [0.15, 0.2) is 11.5 Å². The number of ether oxygens (including phenoxy) is 2. The third-order valence-corrected chi connectivity index (χ3v) is 8.16. The van der Waals surface area contributed by atoms with E-state index < -0.39 is 28.5 Å². The first kappa shape index (κ1) is 29.5. The zero-order valence-corrected chi connectivity index (χ0v) is 23.7. The van der Waals surface area contributed by atoms with Crippen molar-refractivity contribution in [2.24, 2.45) is 0 Å². The Morgan fingerprint density at radius 3 is 2.13 bits per heavy atom. The molecule has 3 aromatic carbocycles. The Labute approximate surface area is 230 Å². The molecule has 0 radical (unpaired) electrons. The maximum Gasteiger partial charge on any atom is 0.264 e. The van der Waals surface area contributed by atoms with Crippen LogP contribution < -0.4 is 19.1 Å². The third-order valence-electron chi connectivity index (χ3n) is 6.37. The summed E-state index contributed by atoms with van der Waals surface area (Å²) in [6.45, 7) is 3.26. The van der Waals surface area contributed by atoms with Gasteiger partial charge in [-0.1, -0.05) is 55.0 Å². The van der Waals surface area contributed by atoms with Crippen molar-refractivity contribution in [1.29, 1.82) is 0 Å². The molecule has 3 rings (SSSR count). The molecular weight excluding hydrogens is 518 g/mol. The highest BCUT2D eigenvalue weighted by molar-refractivity contribution is 7.92. The normalized spacial score (nSPS) is 11.8. The van der Waals surface area contributed by atoms with Gasteiger partial charge in [0.25, 0.3) is 10.0 Å². The maximum atomic E-state index is 13.9. The summed E-state index contributed by atoms with van der Waals surface area (Å²) < 4.78 is 39.6. The highest BCUT2D eigenvalue weighted by Gasteiger charge is 2.33. The van der Waals surface area contributed by atoms with E-state index in [0.717, 1.165) is 15.4 Å². The van der Waals surface area contributed by atoms with Gasteiger partial charge in [0.1, 0.15) is 12.6 Å². The van der Waals surface area contributed by atoms with Crippen LogP contribution in [0.2, 0.25) is 0 Å². The van der Waals surface area contributed by atoms with Gasteiger partial charge in [0.05, 0.1) is 24.8 Å². The second kappa shape index (κ2) is 13.1. The van der Waals surface area contributed by atoms with Crippen LogP contribution >= 0.6 is 0 Å². The number of nitrogens with zero attached hydrogens (tertiary/aromatic N) is 2. The summed E-state index contributed by atoms with van der Waals surface area (Å²) in [7, 11) is 0.248. The number of carbonyl (C=O) groups is 2. The molecular formula is C29H35N3O6S. The number of rotatable bonds is 12. The number of anilines is 1. The third kappa shape index (κ3) is 6.88. The van der Waals surface area contributed by atoms with Crippen LogP contribution in [0.5, 0.6) is 11.5 Å². The number of carbonyl (C=O) groups excluding carboxylic acids is 2. The molecule has 0 bridgehead atoms. The van der Waals surface area contributed by atoms with Gasteiger partial charge in [-0.3, -0.25) is 13.9 Å². The number of likely N-dealkylation sites (N-methyl/N-ethyl adjacent to an activating group) is 1. The van der Waals surface area contributed by atoms with Crippen molar-refractivity contribution < 1.29 is 27.5 Å². The fourth-order valence-corrected chi connectivity index (χ4v) is 5.62. The molecule has 0 fully saturated rings. The molecule has 1 atom stereocenters. The minimum Gasteiger partial charge on any atom is -0.493 e. The molecule has 0 aliphatic carbocycles. The number of aryl methyl sites for hydroxylation is 1. The van der Waals surface area contributed by atoms with E-state index in [1.165, 1.54) is 44.4 Å². The van der Waals surface area contributed by atoms with Gasteiger partial charge in [-0.15, -0.1) is 0 Å². The van der Waals surface area contributed by atoms with Crippen molar-refractivity contribution in [3.63, 3.8) is 0 Å². The van der Waals surface area contributed by atoms with Gasteiger partial charge < -0.3 is 19.7 Å². The second-order valence-corrected chi connectivity index (χ2v) is 10.8. The largest absolute Gasteiger partial charge is 0.493 e. The minimum atomic E-state index is -4.19. The Morgan fingerprint density at radius 1 is 0.923 bits per heavy atom. The molecule has 9 nitrogen and oxygen atoms in total. The highest BCUT2D eigenvalue weighted by Crippen LogP contribution is 2.34. The molecule has 0 saturated carbocycles. The number of benzene rings is 3. The van der Waals surface area contributed by atoms with E-state index in [-0.39, 0.29) is 23.0 Å². The summed E-state index contributed by atoms with van der Waals surface area (Å²) in [5.74, 6) is -0.137. The molecule has 3 aromatic rings. The second-order valence-electron chi connectivity index (χ2n) is 8.91. The molecule has 1 N–H and O–H groups in total. The monoisotopic (exact) mass is 553 g/mol. The van der Waals surface area contributed by atoms with Crippen LogP contribution in [-0.2, 0) is 26.2 Å². The molecule has 208 valence electrons. The predicted octanol–water partition coefficient (Wildman–Crippen LogP) is 3.76. The smallest absolute Gasteiger partial charge is 0.264 e. The summed E-state index contributed by atoms with van der Waals surface area (Å²) in [4.78, 5) is 28.2. The lowest BCUT2D eigenvalue weighted by atomic mass is 10.1. The van der Waals surface area contributed by atoms with E-state index in [2.05, 4.69) is 5.32 Å².